The van der Waals surface area contributed by atoms with Gasteiger partial charge in [-0.25, -0.2) is 9.59 Å². The van der Waals surface area contributed by atoms with Crippen LogP contribution in [0.3, 0.4) is 0 Å². The number of ether oxygens (including phenoxy) is 1. The van der Waals surface area contributed by atoms with Crippen LogP contribution in [0.25, 0.3) is 0 Å². The number of amides is 2. The average molecular weight is 367 g/mol. The summed E-state index contributed by atoms with van der Waals surface area (Å²) in [6, 6.07) is 13.7. The van der Waals surface area contributed by atoms with Crippen molar-refractivity contribution in [3.8, 4) is 0 Å². The number of benzene rings is 2. The Kier molecular flexibility index (Phi) is 5.16. The molecule has 0 aliphatic carbocycles. The van der Waals surface area contributed by atoms with E-state index in [1.165, 1.54) is 24.3 Å². The Balaban J connectivity index is 1.85. The molecule has 0 saturated heterocycles. The van der Waals surface area contributed by atoms with Gasteiger partial charge < -0.3 is 15.4 Å². The Hall–Kier alpha value is -3.68. The molecule has 0 radical (unpaired) electrons. The third-order valence-corrected chi connectivity index (χ3v) is 4.14. The fourth-order valence-corrected chi connectivity index (χ4v) is 2.80. The van der Waals surface area contributed by atoms with Gasteiger partial charge in [0.1, 0.15) is 6.61 Å². The summed E-state index contributed by atoms with van der Waals surface area (Å²) in [5.41, 5.74) is 1.93. The number of nitrogens with zero attached hydrogens (tertiary/aromatic N) is 1. The molecule has 2 amide bonds. The van der Waals surface area contributed by atoms with Crippen molar-refractivity contribution in [3.05, 3.63) is 87.1 Å². The van der Waals surface area contributed by atoms with E-state index in [1.54, 1.807) is 6.92 Å². The number of hydrogen-bond acceptors (Lipinski definition) is 5. The quantitative estimate of drug-likeness (QED) is 0.479. The second-order valence-electron chi connectivity index (χ2n) is 5.98. The van der Waals surface area contributed by atoms with E-state index >= 15 is 0 Å². The molecule has 8 heteroatoms. The van der Waals surface area contributed by atoms with Crippen molar-refractivity contribution < 1.29 is 19.2 Å². The van der Waals surface area contributed by atoms with Crippen molar-refractivity contribution in [2.45, 2.75) is 19.6 Å². The SMILES string of the molecule is CC1=C(C(=O)OCc2ccccc2)[C@@H](c2ccc([N+](=O)[O-])cc2)NC(=O)N1. The van der Waals surface area contributed by atoms with Crippen molar-refractivity contribution in [1.29, 1.82) is 0 Å². The summed E-state index contributed by atoms with van der Waals surface area (Å²) in [6.07, 6.45) is 0. The molecule has 0 spiro atoms. The smallest absolute Gasteiger partial charge is 0.338 e. The Morgan fingerprint density at radius 1 is 1.15 bits per heavy atom. The van der Waals surface area contributed by atoms with Crippen LogP contribution in [0.5, 0.6) is 0 Å². The summed E-state index contributed by atoms with van der Waals surface area (Å²) >= 11 is 0. The minimum Gasteiger partial charge on any atom is -0.457 e. The Labute approximate surface area is 155 Å². The average Bonchev–Trinajstić information content (AvgIpc) is 2.66. The second kappa shape index (κ2) is 7.69. The number of carbonyl (C=O) groups is 2. The second-order valence-corrected chi connectivity index (χ2v) is 5.98. The monoisotopic (exact) mass is 367 g/mol. The molecule has 1 aliphatic heterocycles. The molecule has 27 heavy (non-hydrogen) atoms. The number of non-ortho nitro benzene ring substituents is 1. The summed E-state index contributed by atoms with van der Waals surface area (Å²) in [4.78, 5) is 34.8. The van der Waals surface area contributed by atoms with Crippen molar-refractivity contribution in [3.63, 3.8) is 0 Å². The molecule has 2 aromatic carbocycles. The van der Waals surface area contributed by atoms with E-state index in [0.717, 1.165) is 5.56 Å². The first-order valence-corrected chi connectivity index (χ1v) is 8.19. The van der Waals surface area contributed by atoms with Gasteiger partial charge in [0, 0.05) is 17.8 Å². The van der Waals surface area contributed by atoms with Crippen LogP contribution in [0.2, 0.25) is 0 Å². The highest BCUT2D eigenvalue weighted by Gasteiger charge is 2.32. The molecule has 8 nitrogen and oxygen atoms in total. The van der Waals surface area contributed by atoms with Crippen LogP contribution in [0.4, 0.5) is 10.5 Å². The van der Waals surface area contributed by atoms with E-state index in [1.807, 2.05) is 30.3 Å². The molecule has 1 atom stereocenters. The first-order chi connectivity index (χ1) is 13.0. The minimum atomic E-state index is -0.761. The molecule has 0 saturated carbocycles. The van der Waals surface area contributed by atoms with Gasteiger partial charge in [-0.15, -0.1) is 0 Å². The molecule has 2 aromatic rings. The number of rotatable bonds is 5. The summed E-state index contributed by atoms with van der Waals surface area (Å²) in [6.45, 7) is 1.70. The van der Waals surface area contributed by atoms with Gasteiger partial charge in [-0.2, -0.15) is 0 Å². The number of esters is 1. The lowest BCUT2D eigenvalue weighted by Gasteiger charge is -2.28. The largest absolute Gasteiger partial charge is 0.457 e. The van der Waals surface area contributed by atoms with E-state index < -0.39 is 23.0 Å². The van der Waals surface area contributed by atoms with E-state index in [0.29, 0.717) is 11.3 Å². The predicted octanol–water partition coefficient (Wildman–Crippen LogP) is 2.97. The Bertz CT molecular complexity index is 907. The van der Waals surface area contributed by atoms with Crippen LogP contribution in [0, 0.1) is 10.1 Å². The van der Waals surface area contributed by atoms with Gasteiger partial charge in [-0.3, -0.25) is 10.1 Å². The van der Waals surface area contributed by atoms with Gasteiger partial charge in [-0.05, 0) is 30.2 Å². The van der Waals surface area contributed by atoms with Gasteiger partial charge >= 0.3 is 12.0 Å². The lowest BCUT2D eigenvalue weighted by molar-refractivity contribution is -0.384. The van der Waals surface area contributed by atoms with Crippen molar-refractivity contribution in [2.75, 3.05) is 0 Å². The van der Waals surface area contributed by atoms with Crippen LogP contribution in [-0.2, 0) is 16.1 Å². The molecule has 0 fully saturated rings. The highest BCUT2D eigenvalue weighted by Crippen LogP contribution is 2.29. The van der Waals surface area contributed by atoms with E-state index in [-0.39, 0.29) is 17.9 Å². The lowest BCUT2D eigenvalue weighted by atomic mass is 9.95. The van der Waals surface area contributed by atoms with Gasteiger partial charge in [-0.1, -0.05) is 30.3 Å². The number of nitro groups is 1. The number of nitro benzene ring substituents is 1. The molecule has 2 N–H and O–H groups in total. The third-order valence-electron chi connectivity index (χ3n) is 4.14. The van der Waals surface area contributed by atoms with Crippen molar-refractivity contribution in [2.24, 2.45) is 0 Å². The normalized spacial score (nSPS) is 16.3. The number of allylic oxidation sites excluding steroid dienone is 1. The minimum absolute atomic E-state index is 0.0760. The molecule has 0 aromatic heterocycles. The highest BCUT2D eigenvalue weighted by molar-refractivity contribution is 5.95. The standard InChI is InChI=1S/C19H17N3O5/c1-12-16(18(23)27-11-13-5-3-2-4-6-13)17(21-19(24)20-12)14-7-9-15(10-8-14)22(25)26/h2-10,17H,11H2,1H3,(H2,20,21,24)/t17-/m1/s1. The maximum Gasteiger partial charge on any atom is 0.338 e. The number of carbonyl (C=O) groups excluding carboxylic acids is 2. The topological polar surface area (TPSA) is 111 Å². The molecule has 3 rings (SSSR count). The Morgan fingerprint density at radius 2 is 1.81 bits per heavy atom. The summed E-state index contributed by atoms with van der Waals surface area (Å²) in [5.74, 6) is -0.577. The zero-order chi connectivity index (χ0) is 19.4. The van der Waals surface area contributed by atoms with Crippen molar-refractivity contribution >= 4 is 17.7 Å². The molecule has 0 bridgehead atoms. The molecule has 1 heterocycles. The zero-order valence-corrected chi connectivity index (χ0v) is 14.5. The van der Waals surface area contributed by atoms with E-state index in [9.17, 15) is 19.7 Å². The van der Waals surface area contributed by atoms with Gasteiger partial charge in [0.2, 0.25) is 0 Å². The van der Waals surface area contributed by atoms with Gasteiger partial charge in [0.15, 0.2) is 0 Å². The molecule has 138 valence electrons. The van der Waals surface area contributed by atoms with E-state index in [2.05, 4.69) is 10.6 Å². The van der Waals surface area contributed by atoms with Crippen LogP contribution in [-0.4, -0.2) is 16.9 Å². The predicted molar refractivity (Wildman–Crippen MR) is 96.4 cm³/mol. The summed E-state index contributed by atoms with van der Waals surface area (Å²) in [7, 11) is 0. The first kappa shape index (κ1) is 18.1. The maximum atomic E-state index is 12.7. The summed E-state index contributed by atoms with van der Waals surface area (Å²) < 4.78 is 5.39. The molecule has 0 unspecified atom stereocenters. The zero-order valence-electron chi connectivity index (χ0n) is 14.5. The third kappa shape index (κ3) is 4.12. The maximum absolute atomic E-state index is 12.7. The van der Waals surface area contributed by atoms with Gasteiger partial charge in [0.25, 0.3) is 5.69 Å². The number of urea groups is 1. The number of nitrogens with one attached hydrogen (secondary N) is 2. The first-order valence-electron chi connectivity index (χ1n) is 8.19. The van der Waals surface area contributed by atoms with Crippen LogP contribution in [0.1, 0.15) is 24.1 Å². The summed E-state index contributed by atoms with van der Waals surface area (Å²) in [5, 5.41) is 16.0. The fraction of sp³-hybridized carbons (Fsp3) is 0.158. The number of hydrogen-bond donors (Lipinski definition) is 2. The highest BCUT2D eigenvalue weighted by atomic mass is 16.6. The van der Waals surface area contributed by atoms with Gasteiger partial charge in [0.05, 0.1) is 16.5 Å². The van der Waals surface area contributed by atoms with Crippen molar-refractivity contribution in [1.82, 2.24) is 10.6 Å². The molecular formula is C19H17N3O5. The van der Waals surface area contributed by atoms with Crippen LogP contribution in [0.15, 0.2) is 65.9 Å². The lowest BCUT2D eigenvalue weighted by Crippen LogP contribution is -2.45. The van der Waals surface area contributed by atoms with Crippen LogP contribution < -0.4 is 10.6 Å². The van der Waals surface area contributed by atoms with Crippen LogP contribution >= 0.6 is 0 Å². The molecule has 1 aliphatic rings. The fourth-order valence-electron chi connectivity index (χ4n) is 2.80. The Morgan fingerprint density at radius 3 is 2.44 bits per heavy atom. The molecular weight excluding hydrogens is 350 g/mol. The van der Waals surface area contributed by atoms with E-state index in [4.69, 9.17) is 4.74 Å².